The minimum Gasteiger partial charge on any atom is -0.444 e. The Bertz CT molecular complexity index is 864. The highest BCUT2D eigenvalue weighted by molar-refractivity contribution is 7.53. The highest BCUT2D eigenvalue weighted by atomic mass is 31.2. The average Bonchev–Trinajstić information content (AvgIpc) is 2.79. The van der Waals surface area contributed by atoms with Gasteiger partial charge >= 0.3 is 13.7 Å². The minimum absolute atomic E-state index is 0.151. The molecule has 2 aromatic carbocycles. The van der Waals surface area contributed by atoms with Gasteiger partial charge in [0.15, 0.2) is 0 Å². The standard InChI is InChI=1S/C26H38NO6P/c1-25(2,3)33-24(28)27-20-26(4,5)16-17-30-21-34(29,31-18-22-12-8-6-9-13-22)32-19-23-14-10-7-11-15-23/h6-15H,16-21H2,1-5H3,(H,27,28). The fraction of sp³-hybridized carbons (Fsp3) is 0.500. The van der Waals surface area contributed by atoms with Crippen molar-refractivity contribution in [2.45, 2.75) is 59.9 Å². The highest BCUT2D eigenvalue weighted by Crippen LogP contribution is 2.49. The first-order valence-corrected chi connectivity index (χ1v) is 13.2. The first kappa shape index (κ1) is 28.1. The lowest BCUT2D eigenvalue weighted by molar-refractivity contribution is 0.0491. The van der Waals surface area contributed by atoms with Crippen molar-refractivity contribution in [3.63, 3.8) is 0 Å². The summed E-state index contributed by atoms with van der Waals surface area (Å²) in [5.41, 5.74) is 1.02. The number of amides is 1. The summed E-state index contributed by atoms with van der Waals surface area (Å²) in [7, 11) is -3.50. The van der Waals surface area contributed by atoms with Crippen LogP contribution in [0.1, 0.15) is 52.2 Å². The molecule has 8 heteroatoms. The van der Waals surface area contributed by atoms with Crippen molar-refractivity contribution in [3.05, 3.63) is 71.8 Å². The molecule has 0 unspecified atom stereocenters. The van der Waals surface area contributed by atoms with Gasteiger partial charge in [-0.25, -0.2) is 4.79 Å². The molecule has 7 nitrogen and oxygen atoms in total. The number of hydrogen-bond donors (Lipinski definition) is 1. The Morgan fingerprint density at radius 2 is 1.35 bits per heavy atom. The van der Waals surface area contributed by atoms with Gasteiger partial charge in [-0.2, -0.15) is 0 Å². The molecule has 1 N–H and O–H groups in total. The van der Waals surface area contributed by atoms with E-state index in [2.05, 4.69) is 5.32 Å². The smallest absolute Gasteiger partial charge is 0.407 e. The monoisotopic (exact) mass is 491 g/mol. The molecule has 0 aliphatic rings. The Balaban J connectivity index is 1.85. The molecule has 0 atom stereocenters. The van der Waals surface area contributed by atoms with Gasteiger partial charge in [-0.1, -0.05) is 74.5 Å². The number of benzene rings is 2. The lowest BCUT2D eigenvalue weighted by atomic mass is 9.90. The van der Waals surface area contributed by atoms with E-state index in [4.69, 9.17) is 18.5 Å². The molecule has 0 aliphatic carbocycles. The maximum absolute atomic E-state index is 13.4. The third kappa shape index (κ3) is 11.8. The number of alkyl carbamates (subject to hydrolysis) is 1. The quantitative estimate of drug-likeness (QED) is 0.253. The molecule has 2 rings (SSSR count). The highest BCUT2D eigenvalue weighted by Gasteiger charge is 2.27. The predicted molar refractivity (Wildman–Crippen MR) is 134 cm³/mol. The molecule has 2 aromatic rings. The van der Waals surface area contributed by atoms with Crippen molar-refractivity contribution in [1.82, 2.24) is 5.32 Å². The molecular weight excluding hydrogens is 453 g/mol. The predicted octanol–water partition coefficient (Wildman–Crippen LogP) is 6.53. The molecule has 188 valence electrons. The van der Waals surface area contributed by atoms with Crippen LogP contribution < -0.4 is 5.32 Å². The van der Waals surface area contributed by atoms with E-state index in [9.17, 15) is 9.36 Å². The molecule has 0 saturated heterocycles. The van der Waals surface area contributed by atoms with Gasteiger partial charge in [0.1, 0.15) is 11.9 Å². The van der Waals surface area contributed by atoms with Crippen molar-refractivity contribution in [2.75, 3.05) is 19.5 Å². The van der Waals surface area contributed by atoms with Gasteiger partial charge in [-0.15, -0.1) is 0 Å². The maximum atomic E-state index is 13.4. The first-order valence-electron chi connectivity index (χ1n) is 11.5. The van der Waals surface area contributed by atoms with Crippen LogP contribution in [0, 0.1) is 5.41 Å². The van der Waals surface area contributed by atoms with E-state index >= 15 is 0 Å². The second kappa shape index (κ2) is 13.1. The molecule has 0 radical (unpaired) electrons. The van der Waals surface area contributed by atoms with Gasteiger partial charge in [0.25, 0.3) is 0 Å². The zero-order valence-corrected chi connectivity index (χ0v) is 21.8. The SMILES string of the molecule is CC(C)(CCOCP(=O)(OCc1ccccc1)OCc1ccccc1)CNC(=O)OC(C)(C)C. The number of ether oxygens (including phenoxy) is 2. The van der Waals surface area contributed by atoms with Gasteiger partial charge in [0.05, 0.1) is 13.2 Å². The lowest BCUT2D eigenvalue weighted by Crippen LogP contribution is -2.38. The van der Waals surface area contributed by atoms with Crippen molar-refractivity contribution >= 4 is 13.7 Å². The number of hydrogen-bond acceptors (Lipinski definition) is 6. The zero-order valence-electron chi connectivity index (χ0n) is 20.9. The summed E-state index contributed by atoms with van der Waals surface area (Å²) in [6.45, 7) is 10.6. The van der Waals surface area contributed by atoms with E-state index in [1.165, 1.54) is 0 Å². The van der Waals surface area contributed by atoms with Gasteiger partial charge in [0.2, 0.25) is 0 Å². The Morgan fingerprint density at radius 3 is 1.82 bits per heavy atom. The van der Waals surface area contributed by atoms with Crippen LogP contribution in [-0.2, 0) is 36.3 Å². The van der Waals surface area contributed by atoms with Crippen LogP contribution in [-0.4, -0.2) is 31.2 Å². The van der Waals surface area contributed by atoms with E-state index in [1.54, 1.807) is 0 Å². The summed E-state index contributed by atoms with van der Waals surface area (Å²) in [5.74, 6) is 0. The normalized spacial score (nSPS) is 12.4. The molecule has 0 aliphatic heterocycles. The fourth-order valence-corrected chi connectivity index (χ4v) is 4.11. The Hall–Kier alpha value is -2.18. The molecule has 0 bridgehead atoms. The molecule has 34 heavy (non-hydrogen) atoms. The third-order valence-corrected chi connectivity index (χ3v) is 6.37. The Morgan fingerprint density at radius 1 is 0.853 bits per heavy atom. The summed E-state index contributed by atoms with van der Waals surface area (Å²) >= 11 is 0. The topological polar surface area (TPSA) is 83.1 Å². The third-order valence-electron chi connectivity index (χ3n) is 4.82. The van der Waals surface area contributed by atoms with Crippen LogP contribution in [0.3, 0.4) is 0 Å². The van der Waals surface area contributed by atoms with Crippen LogP contribution in [0.4, 0.5) is 4.79 Å². The van der Waals surface area contributed by atoms with Gasteiger partial charge in [0, 0.05) is 13.2 Å². The van der Waals surface area contributed by atoms with E-state index in [0.717, 1.165) is 11.1 Å². The van der Waals surface area contributed by atoms with Gasteiger partial charge in [-0.05, 0) is 43.7 Å². The van der Waals surface area contributed by atoms with Crippen LogP contribution in [0.2, 0.25) is 0 Å². The van der Waals surface area contributed by atoms with Crippen LogP contribution in [0.15, 0.2) is 60.7 Å². The lowest BCUT2D eigenvalue weighted by Gasteiger charge is -2.27. The second-order valence-corrected chi connectivity index (χ2v) is 11.9. The number of rotatable bonds is 13. The number of carbonyl (C=O) groups excluding carboxylic acids is 1. The maximum Gasteiger partial charge on any atom is 0.407 e. The molecule has 0 aromatic heterocycles. The molecular formula is C26H38NO6P. The molecule has 1 amide bonds. The second-order valence-electron chi connectivity index (χ2n) is 9.94. The van der Waals surface area contributed by atoms with E-state index in [0.29, 0.717) is 19.6 Å². The summed E-state index contributed by atoms with van der Waals surface area (Å²) in [6.07, 6.45) is 0.0391. The van der Waals surface area contributed by atoms with Crippen LogP contribution in [0.5, 0.6) is 0 Å². The van der Waals surface area contributed by atoms with Crippen molar-refractivity contribution < 1.29 is 27.9 Å². The van der Waals surface area contributed by atoms with E-state index < -0.39 is 19.3 Å². The average molecular weight is 492 g/mol. The van der Waals surface area contributed by atoms with Gasteiger partial charge in [-0.3, -0.25) is 4.57 Å². The number of nitrogens with one attached hydrogen (secondary N) is 1. The van der Waals surface area contributed by atoms with E-state index in [-0.39, 0.29) is 25.0 Å². The minimum atomic E-state index is -3.50. The molecule has 0 saturated carbocycles. The summed E-state index contributed by atoms with van der Waals surface area (Å²) in [4.78, 5) is 11.9. The fourth-order valence-electron chi connectivity index (χ4n) is 2.84. The van der Waals surface area contributed by atoms with Crippen molar-refractivity contribution in [1.29, 1.82) is 0 Å². The molecule has 0 fully saturated rings. The molecule has 0 heterocycles. The summed E-state index contributed by atoms with van der Waals surface area (Å²) in [6, 6.07) is 19.1. The van der Waals surface area contributed by atoms with Gasteiger partial charge < -0.3 is 23.8 Å². The van der Waals surface area contributed by atoms with E-state index in [1.807, 2.05) is 95.3 Å². The largest absolute Gasteiger partial charge is 0.444 e. The summed E-state index contributed by atoms with van der Waals surface area (Å²) in [5, 5.41) is 2.79. The van der Waals surface area contributed by atoms with Crippen molar-refractivity contribution in [3.8, 4) is 0 Å². The van der Waals surface area contributed by atoms with Crippen LogP contribution >= 0.6 is 7.60 Å². The molecule has 0 spiro atoms. The Kier molecular flexibility index (Phi) is 10.8. The number of carbonyl (C=O) groups is 1. The Labute approximate surface area is 203 Å². The van der Waals surface area contributed by atoms with Crippen molar-refractivity contribution in [2.24, 2.45) is 5.41 Å². The first-order chi connectivity index (χ1) is 16.0. The van der Waals surface area contributed by atoms with Crippen LogP contribution in [0.25, 0.3) is 0 Å². The zero-order chi connectivity index (χ0) is 25.1. The summed E-state index contributed by atoms with van der Waals surface area (Å²) < 4.78 is 35.9.